The van der Waals surface area contributed by atoms with Gasteiger partial charge in [-0.1, -0.05) is 13.8 Å². The number of methoxy groups -OCH3 is 1. The van der Waals surface area contributed by atoms with Crippen LogP contribution in [-0.4, -0.2) is 70.1 Å². The van der Waals surface area contributed by atoms with Crippen LogP contribution in [0, 0.1) is 16.0 Å². The summed E-state index contributed by atoms with van der Waals surface area (Å²) in [5.41, 5.74) is 7.03. The molecule has 1 fully saturated rings. The molecule has 6 atom stereocenters. The second kappa shape index (κ2) is 14.3. The summed E-state index contributed by atoms with van der Waals surface area (Å²) in [6, 6.07) is 4.44. The van der Waals surface area contributed by atoms with Crippen molar-refractivity contribution in [2.75, 3.05) is 19.5 Å². The smallest absolute Gasteiger partial charge is 0.490 e. The summed E-state index contributed by atoms with van der Waals surface area (Å²) in [5, 5.41) is 22.8. The summed E-state index contributed by atoms with van der Waals surface area (Å²) in [6.45, 7) is 2.67. The lowest BCUT2D eigenvalue weighted by molar-refractivity contribution is -0.386. The highest BCUT2D eigenvalue weighted by Gasteiger charge is 2.43. The van der Waals surface area contributed by atoms with Gasteiger partial charge in [0.05, 0.1) is 54.5 Å². The summed E-state index contributed by atoms with van der Waals surface area (Å²) in [4.78, 5) is 56.0. The number of nitrogens with two attached hydrogens (primary N) is 1. The summed E-state index contributed by atoms with van der Waals surface area (Å²) >= 11 is 0. The molecule has 47 heavy (non-hydrogen) atoms. The van der Waals surface area contributed by atoms with Gasteiger partial charge in [-0.15, -0.1) is 0 Å². The lowest BCUT2D eigenvalue weighted by Gasteiger charge is -2.22. The van der Waals surface area contributed by atoms with Gasteiger partial charge < -0.3 is 49.2 Å². The third-order valence-electron chi connectivity index (χ3n) is 6.81. The number of benzene rings is 1. The van der Waals surface area contributed by atoms with Crippen molar-refractivity contribution in [1.82, 2.24) is 14.5 Å². The summed E-state index contributed by atoms with van der Waals surface area (Å²) < 4.78 is 65.2. The van der Waals surface area contributed by atoms with Gasteiger partial charge in [-0.25, -0.2) is 23.7 Å². The van der Waals surface area contributed by atoms with E-state index in [1.54, 1.807) is 18.3 Å². The minimum atomic E-state index is -5.74. The number of nitro benzene ring substituents is 1. The van der Waals surface area contributed by atoms with E-state index >= 15 is 0 Å². The fourth-order valence-electron chi connectivity index (χ4n) is 4.89. The van der Waals surface area contributed by atoms with E-state index in [4.69, 9.17) is 29.7 Å². The normalized spacial score (nSPS) is 21.9. The van der Waals surface area contributed by atoms with Gasteiger partial charge in [-0.2, -0.15) is 8.62 Å². The minimum Gasteiger partial charge on any atom is -0.497 e. The zero-order valence-corrected chi connectivity index (χ0v) is 27.5. The standard InChI is InChI=1S/C23H32N5O16P3/c1-12(2)21(15-5-4-14(39-3)6-16(15)28(30)31)40-9-13-8-27(23-20(13)22(24)25-11-26-23)19-7-17(29)18(42-19)10-41-46(35,36)44-47(37,38)43-45(32,33)34/h4-6,8,11-12,17-19,21,29H,7,9-10H2,1-3H3,(H,35,36)(H,37,38)(H2,24,25,26)(H2,32,33,34)/t17?,18-,19-,21-/m1/s1. The molecule has 0 bridgehead atoms. The second-order valence-electron chi connectivity index (χ2n) is 10.5. The summed E-state index contributed by atoms with van der Waals surface area (Å²) in [5.74, 6) is 0.161. The quantitative estimate of drug-likeness (QED) is 0.0744. The largest absolute Gasteiger partial charge is 0.497 e. The van der Waals surface area contributed by atoms with Gasteiger partial charge in [0.2, 0.25) is 0 Å². The Morgan fingerprint density at radius 2 is 1.85 bits per heavy atom. The number of nitrogens with zero attached hydrogens (tertiary/aromatic N) is 4. The molecule has 21 nitrogen and oxygen atoms in total. The predicted molar refractivity (Wildman–Crippen MR) is 158 cm³/mol. The van der Waals surface area contributed by atoms with Crippen molar-refractivity contribution in [3.05, 3.63) is 52.0 Å². The van der Waals surface area contributed by atoms with E-state index in [2.05, 4.69) is 23.1 Å². The van der Waals surface area contributed by atoms with Crippen molar-refractivity contribution in [3.63, 3.8) is 0 Å². The van der Waals surface area contributed by atoms with Gasteiger partial charge in [0.15, 0.2) is 0 Å². The van der Waals surface area contributed by atoms with Crippen LogP contribution < -0.4 is 10.5 Å². The van der Waals surface area contributed by atoms with Crippen LogP contribution in [0.25, 0.3) is 11.0 Å². The first-order valence-corrected chi connectivity index (χ1v) is 18.0. The van der Waals surface area contributed by atoms with E-state index in [0.29, 0.717) is 22.3 Å². The molecule has 0 aliphatic carbocycles. The SMILES string of the molecule is COc1ccc([C@H](OCc2cn([C@H]3CC(O)[C@@H](COP(=O)(O)OP(=O)(O)OP(=O)(O)O)O3)c3ncnc(N)c23)C(C)C)c([N+](=O)[O-])c1. The number of nitro groups is 1. The van der Waals surface area contributed by atoms with Crippen molar-refractivity contribution in [3.8, 4) is 5.75 Å². The molecule has 0 amide bonds. The fraction of sp³-hybridized carbons (Fsp3) is 0.478. The number of nitrogen functional groups attached to an aromatic ring is 1. The maximum atomic E-state index is 12.1. The predicted octanol–water partition coefficient (Wildman–Crippen LogP) is 2.84. The van der Waals surface area contributed by atoms with Crippen LogP contribution in [0.5, 0.6) is 5.75 Å². The van der Waals surface area contributed by atoms with Crippen LogP contribution in [0.4, 0.5) is 11.5 Å². The van der Waals surface area contributed by atoms with Crippen LogP contribution in [-0.2, 0) is 42.9 Å². The lowest BCUT2D eigenvalue weighted by Crippen LogP contribution is -2.26. The number of phosphoric acid groups is 3. The lowest BCUT2D eigenvalue weighted by atomic mass is 9.97. The van der Waals surface area contributed by atoms with Gasteiger partial charge in [-0.3, -0.25) is 14.6 Å². The molecular formula is C23H32N5O16P3. The first kappa shape index (κ1) is 37.0. The van der Waals surface area contributed by atoms with E-state index in [0.717, 1.165) is 0 Å². The highest BCUT2D eigenvalue weighted by molar-refractivity contribution is 7.66. The van der Waals surface area contributed by atoms with Crippen LogP contribution in [0.2, 0.25) is 0 Å². The summed E-state index contributed by atoms with van der Waals surface area (Å²) in [7, 11) is -15.4. The first-order valence-electron chi connectivity index (χ1n) is 13.5. The average molecular weight is 727 g/mol. The Morgan fingerprint density at radius 1 is 1.15 bits per heavy atom. The molecule has 1 saturated heterocycles. The Hall–Kier alpha value is -2.87. The Morgan fingerprint density at radius 3 is 2.47 bits per heavy atom. The van der Waals surface area contributed by atoms with Crippen LogP contribution in [0.15, 0.2) is 30.7 Å². The maximum Gasteiger partial charge on any atom is 0.490 e. The Balaban J connectivity index is 1.54. The zero-order chi connectivity index (χ0) is 34.9. The number of aliphatic hydroxyl groups excluding tert-OH is 1. The van der Waals surface area contributed by atoms with Crippen LogP contribution in [0.1, 0.15) is 43.7 Å². The first-order chi connectivity index (χ1) is 21.8. The minimum absolute atomic E-state index is 0.0756. The molecule has 0 saturated carbocycles. The second-order valence-corrected chi connectivity index (χ2v) is 14.9. The fourth-order valence-corrected chi connectivity index (χ4v) is 7.92. The molecule has 260 valence electrons. The van der Waals surface area contributed by atoms with Crippen molar-refractivity contribution in [1.29, 1.82) is 0 Å². The number of phosphoric ester groups is 1. The van der Waals surface area contributed by atoms with E-state index < -0.39 is 59.5 Å². The molecule has 1 aromatic carbocycles. The van der Waals surface area contributed by atoms with Crippen LogP contribution >= 0.6 is 23.5 Å². The van der Waals surface area contributed by atoms with Gasteiger partial charge in [0.1, 0.15) is 35.9 Å². The van der Waals surface area contributed by atoms with Crippen molar-refractivity contribution < 1.29 is 70.7 Å². The van der Waals surface area contributed by atoms with Gasteiger partial charge in [0, 0.05) is 18.2 Å². The molecule has 3 heterocycles. The van der Waals surface area contributed by atoms with Gasteiger partial charge >= 0.3 is 23.5 Å². The molecule has 0 radical (unpaired) electrons. The Bertz CT molecular complexity index is 1770. The maximum absolute atomic E-state index is 12.1. The topological polar surface area (TPSA) is 308 Å². The number of ether oxygens (including phenoxy) is 3. The highest BCUT2D eigenvalue weighted by Crippen LogP contribution is 2.66. The number of aromatic nitrogens is 3. The monoisotopic (exact) mass is 727 g/mol. The molecule has 7 N–H and O–H groups in total. The molecule has 24 heteroatoms. The molecule has 3 aromatic rings. The van der Waals surface area contributed by atoms with Crippen molar-refractivity contribution in [2.45, 2.75) is 51.4 Å². The van der Waals surface area contributed by atoms with E-state index in [1.165, 1.54) is 24.1 Å². The van der Waals surface area contributed by atoms with Gasteiger partial charge in [0.25, 0.3) is 5.69 Å². The van der Waals surface area contributed by atoms with E-state index in [1.807, 2.05) is 13.8 Å². The number of fused-ring (bicyclic) bond motifs is 1. The van der Waals surface area contributed by atoms with Crippen molar-refractivity contribution in [2.24, 2.45) is 5.92 Å². The number of hydrogen-bond acceptors (Lipinski definition) is 15. The molecule has 4 rings (SSSR count). The average Bonchev–Trinajstić information content (AvgIpc) is 3.50. The number of rotatable bonds is 15. The molecule has 1 aliphatic rings. The molecule has 2 aromatic heterocycles. The zero-order valence-electron chi connectivity index (χ0n) is 24.8. The molecule has 0 spiro atoms. The summed E-state index contributed by atoms with van der Waals surface area (Å²) in [6.07, 6.45) is -1.67. The van der Waals surface area contributed by atoms with Crippen LogP contribution in [0.3, 0.4) is 0 Å². The number of anilines is 1. The molecule has 1 aliphatic heterocycles. The number of aliphatic hydroxyl groups is 1. The Kier molecular flexibility index (Phi) is 11.3. The molecule has 3 unspecified atom stereocenters. The highest BCUT2D eigenvalue weighted by atomic mass is 31.3. The Labute approximate surface area is 265 Å². The van der Waals surface area contributed by atoms with E-state index in [9.17, 15) is 38.7 Å². The third kappa shape index (κ3) is 9.18. The van der Waals surface area contributed by atoms with Crippen molar-refractivity contribution >= 4 is 46.0 Å². The molecular weight excluding hydrogens is 695 g/mol. The third-order valence-corrected chi connectivity index (χ3v) is 10.6. The number of hydrogen-bond donors (Lipinski definition) is 6. The van der Waals surface area contributed by atoms with Gasteiger partial charge in [-0.05, 0) is 18.1 Å². The van der Waals surface area contributed by atoms with E-state index in [-0.39, 0.29) is 36.1 Å².